The molecule has 2 aromatic carbocycles. The minimum Gasteiger partial charge on any atom is -0.489 e. The largest absolute Gasteiger partial charge is 0.489 e. The molecule has 7 nitrogen and oxygen atoms in total. The molecule has 0 saturated carbocycles. The molecule has 10 heteroatoms. The Morgan fingerprint density at radius 2 is 1.90 bits per heavy atom. The summed E-state index contributed by atoms with van der Waals surface area (Å²) in [7, 11) is -3.91. The molecule has 0 bridgehead atoms. The van der Waals surface area contributed by atoms with E-state index in [1.54, 1.807) is 12.1 Å². The molecular formula is C21H22ClFN2O5S. The molecule has 4 rings (SSSR count). The summed E-state index contributed by atoms with van der Waals surface area (Å²) in [4.78, 5) is 12.8. The van der Waals surface area contributed by atoms with Gasteiger partial charge in [0, 0.05) is 19.5 Å². The Morgan fingerprint density at radius 3 is 2.68 bits per heavy atom. The summed E-state index contributed by atoms with van der Waals surface area (Å²) in [6.07, 6.45) is 1.72. The maximum Gasteiger partial charge on any atom is 0.243 e. The molecule has 31 heavy (non-hydrogen) atoms. The summed E-state index contributed by atoms with van der Waals surface area (Å²) < 4.78 is 51.5. The maximum absolute atomic E-state index is 13.2. The summed E-state index contributed by atoms with van der Waals surface area (Å²) >= 11 is 6.29. The Kier molecular flexibility index (Phi) is 6.36. The number of carbonyl (C=O) groups excluding carboxylic acids is 1. The van der Waals surface area contributed by atoms with Crippen molar-refractivity contribution in [2.45, 2.75) is 36.7 Å². The molecule has 0 spiro atoms. The molecule has 166 valence electrons. The van der Waals surface area contributed by atoms with E-state index in [0.29, 0.717) is 48.1 Å². The average Bonchev–Trinajstić information content (AvgIpc) is 3.13. The zero-order chi connectivity index (χ0) is 22.0. The number of sulfonamides is 1. The lowest BCUT2D eigenvalue weighted by atomic mass is 10.1. The van der Waals surface area contributed by atoms with Gasteiger partial charge in [-0.05, 0) is 54.8 Å². The van der Waals surface area contributed by atoms with Gasteiger partial charge in [0.15, 0.2) is 11.5 Å². The number of hydrogen-bond donors (Lipinski definition) is 1. The van der Waals surface area contributed by atoms with Crippen LogP contribution in [0.25, 0.3) is 0 Å². The first-order valence-corrected chi connectivity index (χ1v) is 11.8. The highest BCUT2D eigenvalue weighted by molar-refractivity contribution is 7.89. The van der Waals surface area contributed by atoms with Crippen LogP contribution >= 0.6 is 11.6 Å². The van der Waals surface area contributed by atoms with Crippen molar-refractivity contribution in [2.75, 3.05) is 19.8 Å². The van der Waals surface area contributed by atoms with Crippen molar-refractivity contribution in [1.82, 2.24) is 9.62 Å². The first kappa shape index (κ1) is 21.9. The molecule has 2 aromatic rings. The maximum atomic E-state index is 13.2. The van der Waals surface area contributed by atoms with E-state index >= 15 is 0 Å². The van der Waals surface area contributed by atoms with E-state index in [0.717, 1.165) is 18.6 Å². The molecule has 0 radical (unpaired) electrons. The number of ether oxygens (including phenoxy) is 2. The van der Waals surface area contributed by atoms with Crippen LogP contribution in [0.3, 0.4) is 0 Å². The Hall–Kier alpha value is -2.36. The first-order chi connectivity index (χ1) is 14.9. The van der Waals surface area contributed by atoms with Gasteiger partial charge in [-0.2, -0.15) is 4.31 Å². The number of halogens is 2. The standard InChI is InChI=1S/C21H22ClFN2O5S/c22-17-11-14(12-19-20(17)30-10-2-9-29-19)13-24-21(26)18-3-1-8-25(18)31(27,28)16-6-4-15(23)5-7-16/h4-7,11-12,18H,1-3,8-10,13H2,(H,24,26)/t18-/m1/s1. The molecule has 1 N–H and O–H groups in total. The third-order valence-electron chi connectivity index (χ3n) is 5.26. The van der Waals surface area contributed by atoms with Gasteiger partial charge in [-0.25, -0.2) is 12.8 Å². The summed E-state index contributed by atoms with van der Waals surface area (Å²) in [5.74, 6) is 0.0899. The minimum atomic E-state index is -3.91. The van der Waals surface area contributed by atoms with Crippen LogP contribution in [0, 0.1) is 5.82 Å². The highest BCUT2D eigenvalue weighted by Gasteiger charge is 2.39. The number of rotatable bonds is 5. The van der Waals surface area contributed by atoms with Crippen molar-refractivity contribution < 1.29 is 27.1 Å². The summed E-state index contributed by atoms with van der Waals surface area (Å²) in [6.45, 7) is 1.42. The van der Waals surface area contributed by atoms with Gasteiger partial charge in [0.05, 0.1) is 23.1 Å². The number of nitrogens with one attached hydrogen (secondary N) is 1. The quantitative estimate of drug-likeness (QED) is 0.728. The Morgan fingerprint density at radius 1 is 1.16 bits per heavy atom. The SMILES string of the molecule is O=C(NCc1cc(Cl)c2c(c1)OCCCO2)[C@H]1CCCN1S(=O)(=O)c1ccc(F)cc1. The van der Waals surface area contributed by atoms with E-state index in [2.05, 4.69) is 5.32 Å². The van der Waals surface area contributed by atoms with Crippen molar-refractivity contribution >= 4 is 27.5 Å². The van der Waals surface area contributed by atoms with Crippen molar-refractivity contribution in [1.29, 1.82) is 0 Å². The Bertz CT molecular complexity index is 1080. The van der Waals surface area contributed by atoms with Gasteiger partial charge in [0.1, 0.15) is 11.9 Å². The number of benzene rings is 2. The molecule has 0 unspecified atom stereocenters. The number of nitrogens with zero attached hydrogens (tertiary/aromatic N) is 1. The van der Waals surface area contributed by atoms with Gasteiger partial charge in [-0.3, -0.25) is 4.79 Å². The Balaban J connectivity index is 1.46. The van der Waals surface area contributed by atoms with E-state index in [9.17, 15) is 17.6 Å². The second-order valence-corrected chi connectivity index (χ2v) is 9.70. The molecule has 1 fully saturated rings. The summed E-state index contributed by atoms with van der Waals surface area (Å²) in [5.41, 5.74) is 0.716. The summed E-state index contributed by atoms with van der Waals surface area (Å²) in [5, 5.41) is 3.19. The predicted octanol–water partition coefficient (Wildman–Crippen LogP) is 3.11. The van der Waals surface area contributed by atoms with E-state index in [1.807, 2.05) is 0 Å². The number of fused-ring (bicyclic) bond motifs is 1. The topological polar surface area (TPSA) is 84.9 Å². The van der Waals surface area contributed by atoms with E-state index in [1.165, 1.54) is 16.4 Å². The van der Waals surface area contributed by atoms with Crippen molar-refractivity contribution in [3.05, 3.63) is 52.8 Å². The van der Waals surface area contributed by atoms with Crippen LogP contribution in [0.1, 0.15) is 24.8 Å². The zero-order valence-corrected chi connectivity index (χ0v) is 18.2. The van der Waals surface area contributed by atoms with Gasteiger partial charge in [0.25, 0.3) is 0 Å². The van der Waals surface area contributed by atoms with Crippen LogP contribution in [0.15, 0.2) is 41.3 Å². The lowest BCUT2D eigenvalue weighted by Gasteiger charge is -2.23. The molecular weight excluding hydrogens is 447 g/mol. The fourth-order valence-electron chi connectivity index (χ4n) is 3.73. The average molecular weight is 469 g/mol. The number of hydrogen-bond acceptors (Lipinski definition) is 5. The minimum absolute atomic E-state index is 0.0386. The van der Waals surface area contributed by atoms with Crippen LogP contribution in [0.2, 0.25) is 5.02 Å². The molecule has 0 aliphatic carbocycles. The van der Waals surface area contributed by atoms with Gasteiger partial charge >= 0.3 is 0 Å². The molecule has 2 aliphatic heterocycles. The van der Waals surface area contributed by atoms with E-state index in [4.69, 9.17) is 21.1 Å². The van der Waals surface area contributed by atoms with Crippen LogP contribution in [0.5, 0.6) is 11.5 Å². The summed E-state index contributed by atoms with van der Waals surface area (Å²) in [6, 6.07) is 7.21. The monoisotopic (exact) mass is 468 g/mol. The molecule has 1 atom stereocenters. The fourth-order valence-corrected chi connectivity index (χ4v) is 5.67. The molecule has 0 aromatic heterocycles. The number of amides is 1. The van der Waals surface area contributed by atoms with Gasteiger partial charge < -0.3 is 14.8 Å². The van der Waals surface area contributed by atoms with E-state index in [-0.39, 0.29) is 18.0 Å². The molecule has 1 saturated heterocycles. The van der Waals surface area contributed by atoms with Gasteiger partial charge in [-0.1, -0.05) is 11.6 Å². The first-order valence-electron chi connectivity index (χ1n) is 9.99. The smallest absolute Gasteiger partial charge is 0.243 e. The normalized spacial score (nSPS) is 19.1. The lowest BCUT2D eigenvalue weighted by Crippen LogP contribution is -2.45. The van der Waals surface area contributed by atoms with Gasteiger partial charge in [-0.15, -0.1) is 0 Å². The molecule has 2 heterocycles. The predicted molar refractivity (Wildman–Crippen MR) is 112 cm³/mol. The van der Waals surface area contributed by atoms with Gasteiger partial charge in [0.2, 0.25) is 15.9 Å². The van der Waals surface area contributed by atoms with Crippen molar-refractivity contribution in [2.24, 2.45) is 0 Å². The lowest BCUT2D eigenvalue weighted by molar-refractivity contribution is -0.124. The molecule has 1 amide bonds. The Labute approximate surface area is 185 Å². The number of carbonyl (C=O) groups is 1. The third-order valence-corrected chi connectivity index (χ3v) is 7.46. The van der Waals surface area contributed by atoms with Crippen LogP contribution < -0.4 is 14.8 Å². The highest BCUT2D eigenvalue weighted by atomic mass is 35.5. The second kappa shape index (κ2) is 9.02. The van der Waals surface area contributed by atoms with Crippen LogP contribution in [-0.2, 0) is 21.4 Å². The highest BCUT2D eigenvalue weighted by Crippen LogP contribution is 2.38. The van der Waals surface area contributed by atoms with Crippen LogP contribution in [0.4, 0.5) is 4.39 Å². The zero-order valence-electron chi connectivity index (χ0n) is 16.6. The third kappa shape index (κ3) is 4.63. The fraction of sp³-hybridized carbons (Fsp3) is 0.381. The van der Waals surface area contributed by atoms with Crippen LogP contribution in [-0.4, -0.2) is 44.4 Å². The van der Waals surface area contributed by atoms with Crippen molar-refractivity contribution in [3.8, 4) is 11.5 Å². The molecule has 2 aliphatic rings. The van der Waals surface area contributed by atoms with Crippen molar-refractivity contribution in [3.63, 3.8) is 0 Å². The second-order valence-electron chi connectivity index (χ2n) is 7.40. The van der Waals surface area contributed by atoms with E-state index < -0.39 is 27.8 Å².